The van der Waals surface area contributed by atoms with Crippen molar-refractivity contribution in [1.29, 1.82) is 0 Å². The van der Waals surface area contributed by atoms with Crippen molar-refractivity contribution in [3.8, 4) is 11.5 Å². The van der Waals surface area contributed by atoms with Crippen LogP contribution in [0.4, 0.5) is 5.69 Å². The van der Waals surface area contributed by atoms with Gasteiger partial charge in [-0.25, -0.2) is 0 Å². The zero-order chi connectivity index (χ0) is 24.6. The number of benzene rings is 2. The first-order valence-corrected chi connectivity index (χ1v) is 13.0. The molecule has 1 aliphatic rings. The Hall–Kier alpha value is -3.32. The summed E-state index contributed by atoms with van der Waals surface area (Å²) in [5, 5.41) is 5.17. The predicted molar refractivity (Wildman–Crippen MR) is 139 cm³/mol. The molecule has 4 rings (SSSR count). The average Bonchev–Trinajstić information content (AvgIpc) is 3.58. The topological polar surface area (TPSA) is 67.9 Å². The number of carbonyl (C=O) groups excluding carboxylic acids is 2. The normalized spacial score (nSPS) is 14.3. The van der Waals surface area contributed by atoms with Crippen LogP contribution in [0.1, 0.15) is 49.1 Å². The van der Waals surface area contributed by atoms with Crippen LogP contribution in [0.5, 0.6) is 11.5 Å². The van der Waals surface area contributed by atoms with Gasteiger partial charge in [-0.05, 0) is 73.2 Å². The molecular weight excluding hydrogens is 460 g/mol. The van der Waals surface area contributed by atoms with E-state index in [9.17, 15) is 9.59 Å². The van der Waals surface area contributed by atoms with Crippen molar-refractivity contribution in [1.82, 2.24) is 5.32 Å². The van der Waals surface area contributed by atoms with Gasteiger partial charge in [0.15, 0.2) is 0 Å². The highest BCUT2D eigenvalue weighted by Crippen LogP contribution is 2.32. The second kappa shape index (κ2) is 11.9. The number of rotatable bonds is 10. The molecule has 0 bridgehead atoms. The van der Waals surface area contributed by atoms with Gasteiger partial charge in [0.1, 0.15) is 17.5 Å². The van der Waals surface area contributed by atoms with Gasteiger partial charge in [0, 0.05) is 16.6 Å². The SMILES string of the molecule is CCOc1ccc(N(C(=O)Cc2cccs2)C(C(=O)NC2CCCC2)c2ccc(OC)cc2)cc1. The number of thiophene rings is 1. The third-order valence-corrected chi connectivity index (χ3v) is 7.12. The molecule has 0 radical (unpaired) electrons. The van der Waals surface area contributed by atoms with Gasteiger partial charge in [0.25, 0.3) is 0 Å². The lowest BCUT2D eigenvalue weighted by molar-refractivity contribution is -0.127. The van der Waals surface area contributed by atoms with Crippen LogP contribution >= 0.6 is 11.3 Å². The molecule has 184 valence electrons. The van der Waals surface area contributed by atoms with Crippen LogP contribution < -0.4 is 19.7 Å². The summed E-state index contributed by atoms with van der Waals surface area (Å²) in [5.74, 6) is 1.11. The fourth-order valence-corrected chi connectivity index (χ4v) is 5.20. The second-order valence-corrected chi connectivity index (χ2v) is 9.64. The molecule has 0 saturated heterocycles. The lowest BCUT2D eigenvalue weighted by Crippen LogP contribution is -2.46. The van der Waals surface area contributed by atoms with E-state index in [1.807, 2.05) is 73.0 Å². The third kappa shape index (κ3) is 6.22. The summed E-state index contributed by atoms with van der Waals surface area (Å²) in [4.78, 5) is 30.2. The van der Waals surface area contributed by atoms with Crippen molar-refractivity contribution in [3.63, 3.8) is 0 Å². The Kier molecular flexibility index (Phi) is 8.42. The fourth-order valence-electron chi connectivity index (χ4n) is 4.51. The summed E-state index contributed by atoms with van der Waals surface area (Å²) in [7, 11) is 1.61. The van der Waals surface area contributed by atoms with Crippen LogP contribution in [0.25, 0.3) is 0 Å². The van der Waals surface area contributed by atoms with Crippen molar-refractivity contribution in [2.45, 2.75) is 51.1 Å². The highest BCUT2D eigenvalue weighted by atomic mass is 32.1. The number of anilines is 1. The van der Waals surface area contributed by atoms with E-state index >= 15 is 0 Å². The molecule has 1 unspecified atom stereocenters. The van der Waals surface area contributed by atoms with E-state index in [1.54, 1.807) is 12.0 Å². The molecule has 2 amide bonds. The van der Waals surface area contributed by atoms with Crippen LogP contribution in [0, 0.1) is 0 Å². The van der Waals surface area contributed by atoms with Crippen LogP contribution in [0.3, 0.4) is 0 Å². The summed E-state index contributed by atoms with van der Waals surface area (Å²) in [6.45, 7) is 2.48. The van der Waals surface area contributed by atoms with Gasteiger partial charge in [-0.1, -0.05) is 31.0 Å². The Morgan fingerprint density at radius 2 is 1.71 bits per heavy atom. The van der Waals surface area contributed by atoms with Crippen LogP contribution in [-0.4, -0.2) is 31.6 Å². The molecule has 1 aromatic heterocycles. The monoisotopic (exact) mass is 492 g/mol. The van der Waals surface area contributed by atoms with E-state index < -0.39 is 6.04 Å². The van der Waals surface area contributed by atoms with Crippen molar-refractivity contribution < 1.29 is 19.1 Å². The summed E-state index contributed by atoms with van der Waals surface area (Å²) >= 11 is 1.54. The smallest absolute Gasteiger partial charge is 0.248 e. The van der Waals surface area contributed by atoms with E-state index in [2.05, 4.69) is 5.32 Å². The molecule has 2 aromatic carbocycles. The summed E-state index contributed by atoms with van der Waals surface area (Å²) in [5.41, 5.74) is 1.38. The number of hydrogen-bond acceptors (Lipinski definition) is 5. The first-order chi connectivity index (χ1) is 17.1. The lowest BCUT2D eigenvalue weighted by atomic mass is 10.0. The zero-order valence-corrected chi connectivity index (χ0v) is 21.1. The number of amides is 2. The Morgan fingerprint density at radius 3 is 2.31 bits per heavy atom. The van der Waals surface area contributed by atoms with Gasteiger partial charge < -0.3 is 14.8 Å². The Labute approximate surface area is 210 Å². The molecule has 1 aliphatic carbocycles. The fraction of sp³-hybridized carbons (Fsp3) is 0.357. The average molecular weight is 493 g/mol. The van der Waals surface area contributed by atoms with E-state index in [4.69, 9.17) is 9.47 Å². The second-order valence-electron chi connectivity index (χ2n) is 8.61. The molecule has 6 nitrogen and oxygen atoms in total. The first-order valence-electron chi connectivity index (χ1n) is 12.1. The molecular formula is C28H32N2O4S. The molecule has 7 heteroatoms. The maximum Gasteiger partial charge on any atom is 0.248 e. The van der Waals surface area contributed by atoms with E-state index in [-0.39, 0.29) is 24.3 Å². The molecule has 1 saturated carbocycles. The van der Waals surface area contributed by atoms with Crippen molar-refractivity contribution in [2.75, 3.05) is 18.6 Å². The quantitative estimate of drug-likeness (QED) is 0.404. The summed E-state index contributed by atoms with van der Waals surface area (Å²) in [6.07, 6.45) is 4.37. The molecule has 1 atom stereocenters. The Morgan fingerprint density at radius 1 is 1.03 bits per heavy atom. The zero-order valence-electron chi connectivity index (χ0n) is 20.2. The number of nitrogens with one attached hydrogen (secondary N) is 1. The van der Waals surface area contributed by atoms with Gasteiger partial charge in [-0.2, -0.15) is 0 Å². The molecule has 35 heavy (non-hydrogen) atoms. The molecule has 0 spiro atoms. The first kappa shape index (κ1) is 24.8. The maximum atomic E-state index is 13.8. The lowest BCUT2D eigenvalue weighted by Gasteiger charge is -2.32. The van der Waals surface area contributed by atoms with Gasteiger partial charge in [-0.3, -0.25) is 14.5 Å². The molecule has 1 N–H and O–H groups in total. The summed E-state index contributed by atoms with van der Waals surface area (Å²) in [6, 6.07) is 17.9. The Balaban J connectivity index is 1.74. The molecule has 0 aliphatic heterocycles. The third-order valence-electron chi connectivity index (χ3n) is 6.24. The highest BCUT2D eigenvalue weighted by molar-refractivity contribution is 7.10. The van der Waals surface area contributed by atoms with Gasteiger partial charge in [-0.15, -0.1) is 11.3 Å². The van der Waals surface area contributed by atoms with E-state index in [1.165, 1.54) is 11.3 Å². The number of carbonyl (C=O) groups is 2. The summed E-state index contributed by atoms with van der Waals surface area (Å²) < 4.78 is 10.9. The minimum atomic E-state index is -0.813. The van der Waals surface area contributed by atoms with Gasteiger partial charge in [0.2, 0.25) is 11.8 Å². The number of methoxy groups -OCH3 is 1. The van der Waals surface area contributed by atoms with E-state index in [0.29, 0.717) is 18.0 Å². The highest BCUT2D eigenvalue weighted by Gasteiger charge is 2.34. The van der Waals surface area contributed by atoms with Gasteiger partial charge in [0.05, 0.1) is 20.1 Å². The Bertz CT molecular complexity index is 1090. The van der Waals surface area contributed by atoms with Crippen molar-refractivity contribution >= 4 is 28.8 Å². The minimum absolute atomic E-state index is 0.137. The van der Waals surface area contributed by atoms with Crippen molar-refractivity contribution in [2.24, 2.45) is 0 Å². The maximum absolute atomic E-state index is 13.8. The number of ether oxygens (including phenoxy) is 2. The molecule has 1 heterocycles. The van der Waals surface area contributed by atoms with Gasteiger partial charge >= 0.3 is 0 Å². The minimum Gasteiger partial charge on any atom is -0.497 e. The molecule has 1 fully saturated rings. The number of hydrogen-bond donors (Lipinski definition) is 1. The van der Waals surface area contributed by atoms with Crippen LogP contribution in [0.15, 0.2) is 66.0 Å². The number of nitrogens with zero attached hydrogens (tertiary/aromatic N) is 1. The predicted octanol–water partition coefficient (Wildman–Crippen LogP) is 5.53. The standard InChI is InChI=1S/C28H32N2O4S/c1-3-34-24-16-12-22(13-17-24)30(26(31)19-25-9-6-18-35-25)27(20-10-14-23(33-2)15-11-20)28(32)29-21-7-4-5-8-21/h6,9-18,21,27H,3-5,7-8,19H2,1-2H3,(H,29,32). The molecule has 3 aromatic rings. The van der Waals surface area contributed by atoms with Crippen LogP contribution in [0.2, 0.25) is 0 Å². The largest absolute Gasteiger partial charge is 0.497 e. The van der Waals surface area contributed by atoms with Crippen molar-refractivity contribution in [3.05, 3.63) is 76.5 Å². The van der Waals surface area contributed by atoms with E-state index in [0.717, 1.165) is 41.9 Å². The van der Waals surface area contributed by atoms with Crippen LogP contribution in [-0.2, 0) is 16.0 Å².